The van der Waals surface area contributed by atoms with Crippen molar-refractivity contribution in [1.29, 1.82) is 0 Å². The number of rotatable bonds is 3. The van der Waals surface area contributed by atoms with E-state index in [4.69, 9.17) is 4.74 Å². The number of aryl methyl sites for hydroxylation is 1. The minimum absolute atomic E-state index is 0.125. The van der Waals surface area contributed by atoms with Crippen LogP contribution in [0.25, 0.3) is 33.3 Å². The molecule has 36 heavy (non-hydrogen) atoms. The molecule has 1 aromatic heterocycles. The third-order valence-electron chi connectivity index (χ3n) is 6.81. The van der Waals surface area contributed by atoms with E-state index in [0.29, 0.717) is 33.5 Å². The van der Waals surface area contributed by atoms with Crippen LogP contribution in [-0.4, -0.2) is 25.3 Å². The zero-order chi connectivity index (χ0) is 25.0. The summed E-state index contributed by atoms with van der Waals surface area (Å²) in [6.07, 6.45) is 0.174. The highest BCUT2D eigenvalue weighted by atomic mass is 32.2. The summed E-state index contributed by atoms with van der Waals surface area (Å²) in [5.41, 5.74) is 5.58. The molecule has 5 nitrogen and oxygen atoms in total. The van der Waals surface area contributed by atoms with Crippen molar-refractivity contribution in [3.8, 4) is 28.1 Å². The standard InChI is InChI=1S/C30H23NO4S/c1-19-11-14-22(15-12-19)36(33,34)31-27-18-21(35-2)13-16-26(27)29-28(32)17-20-7-3-4-8-23(20)24-9-5-6-10-25(24)30(29)31/h3-16,18H,17H2,1-2H3. The van der Waals surface area contributed by atoms with E-state index in [-0.39, 0.29) is 17.1 Å². The van der Waals surface area contributed by atoms with Gasteiger partial charge in [-0.3, -0.25) is 4.79 Å². The lowest BCUT2D eigenvalue weighted by atomic mass is 9.86. The van der Waals surface area contributed by atoms with Crippen LogP contribution in [-0.2, 0) is 16.4 Å². The van der Waals surface area contributed by atoms with Gasteiger partial charge in [0.1, 0.15) is 5.75 Å². The molecule has 1 aliphatic rings. The molecule has 0 bridgehead atoms. The number of benzene rings is 4. The second-order valence-corrected chi connectivity index (χ2v) is 10.8. The monoisotopic (exact) mass is 493 g/mol. The Kier molecular flexibility index (Phi) is 5.09. The summed E-state index contributed by atoms with van der Waals surface area (Å²) < 4.78 is 35.3. The van der Waals surface area contributed by atoms with Gasteiger partial charge in [-0.15, -0.1) is 0 Å². The fourth-order valence-electron chi connectivity index (χ4n) is 5.08. The normalized spacial score (nSPS) is 12.9. The molecule has 6 heteroatoms. The minimum atomic E-state index is -4.07. The van der Waals surface area contributed by atoms with E-state index in [2.05, 4.69) is 0 Å². The van der Waals surface area contributed by atoms with Crippen molar-refractivity contribution in [3.63, 3.8) is 0 Å². The van der Waals surface area contributed by atoms with Crippen LogP contribution in [0.3, 0.4) is 0 Å². The van der Waals surface area contributed by atoms with Gasteiger partial charge in [-0.05, 0) is 47.9 Å². The average Bonchev–Trinajstić information content (AvgIpc) is 3.23. The molecule has 1 heterocycles. The van der Waals surface area contributed by atoms with Gasteiger partial charge in [-0.25, -0.2) is 12.4 Å². The quantitative estimate of drug-likeness (QED) is 0.297. The third kappa shape index (κ3) is 3.29. The fourth-order valence-corrected chi connectivity index (χ4v) is 6.61. The van der Waals surface area contributed by atoms with E-state index in [1.807, 2.05) is 55.5 Å². The SMILES string of the molecule is COc1ccc2c3c(n(S(=O)(=O)c4ccc(C)cc4)c2c1)-c1ccccc1-c1ccccc1CC3=O. The van der Waals surface area contributed by atoms with Gasteiger partial charge in [-0.2, -0.15) is 0 Å². The van der Waals surface area contributed by atoms with Crippen LogP contribution in [0.1, 0.15) is 21.5 Å². The molecule has 0 fully saturated rings. The van der Waals surface area contributed by atoms with Gasteiger partial charge in [-0.1, -0.05) is 66.2 Å². The highest BCUT2D eigenvalue weighted by Crippen LogP contribution is 2.44. The fraction of sp³-hybridized carbons (Fsp3) is 0.100. The van der Waals surface area contributed by atoms with Crippen molar-refractivity contribution in [2.24, 2.45) is 0 Å². The van der Waals surface area contributed by atoms with Crippen molar-refractivity contribution >= 4 is 26.7 Å². The van der Waals surface area contributed by atoms with E-state index in [1.54, 1.807) is 42.5 Å². The van der Waals surface area contributed by atoms with E-state index in [9.17, 15) is 13.2 Å². The zero-order valence-electron chi connectivity index (χ0n) is 19.9. The van der Waals surface area contributed by atoms with Gasteiger partial charge in [0.15, 0.2) is 5.78 Å². The summed E-state index contributed by atoms with van der Waals surface area (Å²) in [6, 6.07) is 27.5. The van der Waals surface area contributed by atoms with Crippen molar-refractivity contribution in [3.05, 3.63) is 108 Å². The second-order valence-electron chi connectivity index (χ2n) is 8.99. The molecule has 0 atom stereocenters. The number of Topliss-reactive ketones (excluding diaryl/α,β-unsaturated/α-hetero) is 1. The summed E-state index contributed by atoms with van der Waals surface area (Å²) in [5.74, 6) is 0.386. The maximum absolute atomic E-state index is 14.3. The zero-order valence-corrected chi connectivity index (χ0v) is 20.7. The van der Waals surface area contributed by atoms with Crippen molar-refractivity contribution in [1.82, 2.24) is 3.97 Å². The number of nitrogens with zero attached hydrogens (tertiary/aromatic N) is 1. The number of carbonyl (C=O) groups excluding carboxylic acids is 1. The molecule has 0 aliphatic heterocycles. The lowest BCUT2D eigenvalue weighted by Gasteiger charge is -2.20. The Balaban J connectivity index is 1.80. The molecule has 0 N–H and O–H groups in total. The lowest BCUT2D eigenvalue weighted by molar-refractivity contribution is 0.0995. The first-order valence-corrected chi connectivity index (χ1v) is 13.1. The Morgan fingerprint density at radius 2 is 1.47 bits per heavy atom. The van der Waals surface area contributed by atoms with Crippen LogP contribution < -0.4 is 4.74 Å². The van der Waals surface area contributed by atoms with E-state index >= 15 is 0 Å². The summed E-state index contributed by atoms with van der Waals surface area (Å²) >= 11 is 0. The van der Waals surface area contributed by atoms with Gasteiger partial charge in [0.2, 0.25) is 0 Å². The first kappa shape index (κ1) is 22.3. The summed E-state index contributed by atoms with van der Waals surface area (Å²) in [6.45, 7) is 1.91. The van der Waals surface area contributed by atoms with Crippen LogP contribution >= 0.6 is 0 Å². The van der Waals surface area contributed by atoms with Crippen LogP contribution in [0, 0.1) is 6.92 Å². The number of methoxy groups -OCH3 is 1. The number of aromatic nitrogens is 1. The molecule has 0 saturated heterocycles. The smallest absolute Gasteiger partial charge is 0.268 e. The van der Waals surface area contributed by atoms with Gasteiger partial charge in [0, 0.05) is 23.4 Å². The molecular formula is C30H23NO4S. The average molecular weight is 494 g/mol. The summed E-state index contributed by atoms with van der Waals surface area (Å²) in [4.78, 5) is 14.0. The topological polar surface area (TPSA) is 65.4 Å². The molecule has 6 rings (SSSR count). The minimum Gasteiger partial charge on any atom is -0.497 e. The Bertz CT molecular complexity index is 1780. The number of carbonyl (C=O) groups is 1. The van der Waals surface area contributed by atoms with E-state index in [1.165, 1.54) is 11.1 Å². The highest BCUT2D eigenvalue weighted by molar-refractivity contribution is 7.90. The molecule has 178 valence electrons. The van der Waals surface area contributed by atoms with Gasteiger partial charge < -0.3 is 4.74 Å². The molecule has 4 aromatic carbocycles. The van der Waals surface area contributed by atoms with Crippen molar-refractivity contribution in [2.75, 3.05) is 7.11 Å². The maximum atomic E-state index is 14.3. The Hall–Kier alpha value is -4.16. The Labute approximate surface area is 209 Å². The summed E-state index contributed by atoms with van der Waals surface area (Å²) in [7, 11) is -2.53. The number of hydrogen-bond donors (Lipinski definition) is 0. The van der Waals surface area contributed by atoms with Crippen LogP contribution in [0.5, 0.6) is 5.75 Å². The third-order valence-corrected chi connectivity index (χ3v) is 8.54. The molecule has 0 unspecified atom stereocenters. The Morgan fingerprint density at radius 1 is 0.806 bits per heavy atom. The number of hydrogen-bond acceptors (Lipinski definition) is 4. The lowest BCUT2D eigenvalue weighted by Crippen LogP contribution is -2.17. The van der Waals surface area contributed by atoms with Crippen LogP contribution in [0.15, 0.2) is 95.9 Å². The second kappa shape index (κ2) is 8.21. The molecule has 0 radical (unpaired) electrons. The first-order valence-electron chi connectivity index (χ1n) is 11.7. The van der Waals surface area contributed by atoms with Crippen molar-refractivity contribution in [2.45, 2.75) is 18.2 Å². The Morgan fingerprint density at radius 3 is 2.19 bits per heavy atom. The molecular weight excluding hydrogens is 470 g/mol. The van der Waals surface area contributed by atoms with E-state index in [0.717, 1.165) is 22.3 Å². The number of ketones is 1. The number of ether oxygens (including phenoxy) is 1. The van der Waals surface area contributed by atoms with Gasteiger partial charge in [0.25, 0.3) is 10.0 Å². The molecule has 0 amide bonds. The predicted molar refractivity (Wildman–Crippen MR) is 141 cm³/mol. The highest BCUT2D eigenvalue weighted by Gasteiger charge is 2.33. The summed E-state index contributed by atoms with van der Waals surface area (Å²) in [5, 5.41) is 0.584. The largest absolute Gasteiger partial charge is 0.497 e. The molecule has 1 aliphatic carbocycles. The first-order chi connectivity index (χ1) is 17.4. The predicted octanol–water partition coefficient (Wildman–Crippen LogP) is 6.27. The molecule has 0 spiro atoms. The van der Waals surface area contributed by atoms with Gasteiger partial charge in [0.05, 0.1) is 28.8 Å². The maximum Gasteiger partial charge on any atom is 0.268 e. The number of fused-ring (bicyclic) bond motifs is 7. The van der Waals surface area contributed by atoms with Crippen LogP contribution in [0.4, 0.5) is 0 Å². The van der Waals surface area contributed by atoms with E-state index < -0.39 is 10.0 Å². The van der Waals surface area contributed by atoms with Crippen LogP contribution in [0.2, 0.25) is 0 Å². The molecule has 0 saturated carbocycles. The van der Waals surface area contributed by atoms with Gasteiger partial charge >= 0.3 is 0 Å². The van der Waals surface area contributed by atoms with Crippen molar-refractivity contribution < 1.29 is 17.9 Å². The molecule has 5 aromatic rings.